The van der Waals surface area contributed by atoms with E-state index in [-0.39, 0.29) is 30.0 Å². The van der Waals surface area contributed by atoms with Gasteiger partial charge in [-0.2, -0.15) is 0 Å². The number of benzene rings is 3. The molecule has 1 atom stereocenters. The number of carbonyl (C=O) groups excluding carboxylic acids is 5. The normalized spacial score (nSPS) is 11.1. The summed E-state index contributed by atoms with van der Waals surface area (Å²) in [6, 6.07) is 18.7. The van der Waals surface area contributed by atoms with Crippen LogP contribution in [0.25, 0.3) is 0 Å². The molecule has 0 saturated heterocycles. The lowest BCUT2D eigenvalue weighted by Gasteiger charge is -2.13. The molecule has 0 fully saturated rings. The number of Topliss-reactive ketones (excluding diaryl/α,β-unsaturated/α-hetero) is 2. The highest BCUT2D eigenvalue weighted by atomic mass is 16.5. The lowest BCUT2D eigenvalue weighted by Crippen LogP contribution is -2.25. The highest BCUT2D eigenvalue weighted by Gasteiger charge is 2.20. The molecule has 3 aromatic rings. The van der Waals surface area contributed by atoms with Crippen LogP contribution in [0.15, 0.2) is 72.8 Å². The molecule has 1 N–H and O–H groups in total. The average molecular weight is 548 g/mol. The molecule has 0 aromatic heterocycles. The molecule has 1 amide bonds. The summed E-state index contributed by atoms with van der Waals surface area (Å²) in [4.78, 5) is 61.3. The van der Waals surface area contributed by atoms with Crippen LogP contribution in [0, 0.1) is 0 Å². The SMILES string of the molecule is COc1ccc(C(=O)COC(=O)c2ccc(NC(=O)CCC(=O)O[C@@H](C)C(=O)c3ccc(OC)cc3)cc2)cc1. The number of hydrogen-bond acceptors (Lipinski definition) is 9. The van der Waals surface area contributed by atoms with Gasteiger partial charge in [0.05, 0.1) is 26.2 Å². The second-order valence-corrected chi connectivity index (χ2v) is 8.58. The Kier molecular flexibility index (Phi) is 10.5. The maximum atomic E-state index is 12.4. The molecule has 3 rings (SSSR count). The quantitative estimate of drug-likeness (QED) is 0.246. The Morgan fingerprint density at radius 2 is 1.23 bits per heavy atom. The van der Waals surface area contributed by atoms with Gasteiger partial charge in [-0.25, -0.2) is 4.79 Å². The summed E-state index contributed by atoms with van der Waals surface area (Å²) in [6.45, 7) is 1.04. The molecule has 0 radical (unpaired) electrons. The van der Waals surface area contributed by atoms with Crippen LogP contribution >= 0.6 is 0 Å². The van der Waals surface area contributed by atoms with Gasteiger partial charge >= 0.3 is 11.9 Å². The van der Waals surface area contributed by atoms with Crippen molar-refractivity contribution in [3.8, 4) is 11.5 Å². The zero-order chi connectivity index (χ0) is 29.1. The van der Waals surface area contributed by atoms with Crippen LogP contribution in [0.5, 0.6) is 11.5 Å². The van der Waals surface area contributed by atoms with Crippen LogP contribution < -0.4 is 14.8 Å². The van der Waals surface area contributed by atoms with Crippen molar-refractivity contribution in [1.29, 1.82) is 0 Å². The molecule has 10 heteroatoms. The minimum atomic E-state index is -1.01. The fourth-order valence-electron chi connectivity index (χ4n) is 3.50. The first-order valence-corrected chi connectivity index (χ1v) is 12.3. The minimum Gasteiger partial charge on any atom is -0.497 e. The van der Waals surface area contributed by atoms with Crippen molar-refractivity contribution in [3.63, 3.8) is 0 Å². The summed E-state index contributed by atoms with van der Waals surface area (Å²) in [5.41, 5.74) is 1.34. The second-order valence-electron chi connectivity index (χ2n) is 8.58. The van der Waals surface area contributed by atoms with E-state index in [1.165, 1.54) is 45.4 Å². The van der Waals surface area contributed by atoms with Crippen LogP contribution in [0.1, 0.15) is 50.8 Å². The van der Waals surface area contributed by atoms with Crippen LogP contribution in [0.4, 0.5) is 5.69 Å². The first kappa shape index (κ1) is 29.6. The Morgan fingerprint density at radius 1 is 0.700 bits per heavy atom. The first-order chi connectivity index (χ1) is 19.2. The summed E-state index contributed by atoms with van der Waals surface area (Å²) in [7, 11) is 3.03. The predicted molar refractivity (Wildman–Crippen MR) is 145 cm³/mol. The van der Waals surface area contributed by atoms with Crippen molar-refractivity contribution < 1.29 is 42.9 Å². The molecule has 0 aliphatic rings. The van der Waals surface area contributed by atoms with Crippen LogP contribution in [-0.2, 0) is 19.1 Å². The van der Waals surface area contributed by atoms with Gasteiger partial charge in [-0.05, 0) is 79.7 Å². The van der Waals surface area contributed by atoms with Gasteiger partial charge in [0.15, 0.2) is 18.5 Å². The number of rotatable bonds is 13. The fourth-order valence-corrected chi connectivity index (χ4v) is 3.50. The lowest BCUT2D eigenvalue weighted by molar-refractivity contribution is -0.147. The van der Waals surface area contributed by atoms with Gasteiger partial charge < -0.3 is 24.3 Å². The molecular formula is C30H29NO9. The number of esters is 2. The zero-order valence-corrected chi connectivity index (χ0v) is 22.3. The van der Waals surface area contributed by atoms with Gasteiger partial charge in [-0.1, -0.05) is 0 Å². The lowest BCUT2D eigenvalue weighted by atomic mass is 10.1. The van der Waals surface area contributed by atoms with Crippen molar-refractivity contribution in [2.75, 3.05) is 26.1 Å². The van der Waals surface area contributed by atoms with Crippen molar-refractivity contribution in [2.24, 2.45) is 0 Å². The number of nitrogens with one attached hydrogen (secondary N) is 1. The fraction of sp³-hybridized carbons (Fsp3) is 0.233. The van der Waals surface area contributed by atoms with Gasteiger partial charge in [-0.3, -0.25) is 19.2 Å². The molecule has 0 heterocycles. The largest absolute Gasteiger partial charge is 0.497 e. The van der Waals surface area contributed by atoms with E-state index in [0.717, 1.165) is 0 Å². The van der Waals surface area contributed by atoms with Crippen molar-refractivity contribution in [3.05, 3.63) is 89.5 Å². The Bertz CT molecular complexity index is 1350. The Balaban J connectivity index is 1.40. The van der Waals surface area contributed by atoms with E-state index in [1.54, 1.807) is 48.5 Å². The van der Waals surface area contributed by atoms with E-state index in [4.69, 9.17) is 18.9 Å². The predicted octanol–water partition coefficient (Wildman–Crippen LogP) is 4.28. The standard InChI is InChI=1S/C30H29NO9/c1-19(29(35)21-8-14-25(38-3)15-9-21)40-28(34)17-16-27(33)31-23-10-4-22(5-11-23)30(36)39-18-26(32)20-6-12-24(37-2)13-7-20/h4-15,19H,16-18H2,1-3H3,(H,31,33)/t19-/m0/s1. The summed E-state index contributed by atoms with van der Waals surface area (Å²) in [5, 5.41) is 2.62. The van der Waals surface area contributed by atoms with Crippen LogP contribution in [0.3, 0.4) is 0 Å². The summed E-state index contributed by atoms with van der Waals surface area (Å²) in [6.07, 6.45) is -1.40. The van der Waals surface area contributed by atoms with Crippen molar-refractivity contribution >= 4 is 35.1 Å². The highest BCUT2D eigenvalue weighted by Crippen LogP contribution is 2.16. The van der Waals surface area contributed by atoms with Crippen LogP contribution in [0.2, 0.25) is 0 Å². The average Bonchev–Trinajstić information content (AvgIpc) is 2.98. The van der Waals surface area contributed by atoms with Gasteiger partial charge in [0.1, 0.15) is 11.5 Å². The van der Waals surface area contributed by atoms with E-state index in [9.17, 15) is 24.0 Å². The second kappa shape index (κ2) is 14.2. The summed E-state index contributed by atoms with van der Waals surface area (Å²) in [5.74, 6) is -1.37. The first-order valence-electron chi connectivity index (χ1n) is 12.3. The number of ether oxygens (including phenoxy) is 4. The third kappa shape index (κ3) is 8.52. The Labute approximate surface area is 231 Å². The highest BCUT2D eigenvalue weighted by molar-refractivity contribution is 6.01. The van der Waals surface area contributed by atoms with Gasteiger partial charge in [0.25, 0.3) is 0 Å². The van der Waals surface area contributed by atoms with E-state index in [1.807, 2.05) is 0 Å². The number of anilines is 1. The molecule has 208 valence electrons. The van der Waals surface area contributed by atoms with Gasteiger partial charge in [-0.15, -0.1) is 0 Å². The maximum absolute atomic E-state index is 12.4. The molecule has 3 aromatic carbocycles. The molecule has 10 nitrogen and oxygen atoms in total. The number of ketones is 2. The van der Waals surface area contributed by atoms with Crippen molar-refractivity contribution in [2.45, 2.75) is 25.9 Å². The number of methoxy groups -OCH3 is 2. The van der Waals surface area contributed by atoms with Gasteiger partial charge in [0, 0.05) is 23.2 Å². The molecule has 40 heavy (non-hydrogen) atoms. The van der Waals surface area contributed by atoms with E-state index >= 15 is 0 Å². The number of amides is 1. The topological polar surface area (TPSA) is 134 Å². The van der Waals surface area contributed by atoms with Gasteiger partial charge in [0.2, 0.25) is 11.7 Å². The zero-order valence-electron chi connectivity index (χ0n) is 22.3. The molecule has 0 bridgehead atoms. The summed E-state index contributed by atoms with van der Waals surface area (Å²) < 4.78 is 20.4. The third-order valence-corrected chi connectivity index (χ3v) is 5.76. The minimum absolute atomic E-state index is 0.167. The van der Waals surface area contributed by atoms with Crippen LogP contribution in [-0.4, -0.2) is 56.3 Å². The van der Waals surface area contributed by atoms with E-state index in [0.29, 0.717) is 28.3 Å². The monoisotopic (exact) mass is 547 g/mol. The summed E-state index contributed by atoms with van der Waals surface area (Å²) >= 11 is 0. The third-order valence-electron chi connectivity index (χ3n) is 5.76. The van der Waals surface area contributed by atoms with Crippen molar-refractivity contribution in [1.82, 2.24) is 0 Å². The number of hydrogen-bond donors (Lipinski definition) is 1. The maximum Gasteiger partial charge on any atom is 0.338 e. The Morgan fingerprint density at radius 3 is 1.77 bits per heavy atom. The molecule has 0 aliphatic carbocycles. The molecule has 0 unspecified atom stereocenters. The number of carbonyl (C=O) groups is 5. The molecule has 0 saturated carbocycles. The van der Waals surface area contributed by atoms with E-state index in [2.05, 4.69) is 5.32 Å². The molecule has 0 spiro atoms. The molecule has 0 aliphatic heterocycles. The van der Waals surface area contributed by atoms with E-state index < -0.39 is 30.6 Å². The Hall–Kier alpha value is -4.99. The smallest absolute Gasteiger partial charge is 0.338 e. The molecular weight excluding hydrogens is 518 g/mol.